The molecule has 0 saturated carbocycles. The van der Waals surface area contributed by atoms with Crippen molar-refractivity contribution in [2.75, 3.05) is 11.4 Å². The van der Waals surface area contributed by atoms with Gasteiger partial charge in [-0.1, -0.05) is 0 Å². The van der Waals surface area contributed by atoms with Gasteiger partial charge < -0.3 is 4.90 Å². The van der Waals surface area contributed by atoms with Gasteiger partial charge in [-0.05, 0) is 40.8 Å². The molecule has 1 aliphatic heterocycles. The van der Waals surface area contributed by atoms with Gasteiger partial charge in [0.05, 0.1) is 11.1 Å². The first-order chi connectivity index (χ1) is 7.08. The Kier molecular flexibility index (Phi) is 3.16. The number of halogens is 3. The van der Waals surface area contributed by atoms with Gasteiger partial charge in [0.2, 0.25) is 5.91 Å². The third-order valence-corrected chi connectivity index (χ3v) is 3.48. The first-order valence-corrected chi connectivity index (χ1v) is 5.99. The van der Waals surface area contributed by atoms with Crippen LogP contribution in [-0.2, 0) is 4.79 Å². The summed E-state index contributed by atoms with van der Waals surface area (Å²) < 4.78 is 13.9. The molecule has 0 bridgehead atoms. The lowest BCUT2D eigenvalue weighted by atomic mass is 10.3. The highest BCUT2D eigenvalue weighted by Crippen LogP contribution is 2.29. The Bertz CT molecular complexity index is 412. The standard InChI is InChI=1S/C10H8ClFINO/c11-6-3-10(15)14(5-6)9-4-7(12)1-2-8(9)13/h1-2,4,6H,3,5H2. The number of amides is 1. The van der Waals surface area contributed by atoms with Crippen molar-refractivity contribution in [3.05, 3.63) is 27.6 Å². The Balaban J connectivity index is 2.37. The SMILES string of the molecule is O=C1CC(Cl)CN1c1cc(F)ccc1I. The van der Waals surface area contributed by atoms with Crippen molar-refractivity contribution in [1.29, 1.82) is 0 Å². The summed E-state index contributed by atoms with van der Waals surface area (Å²) in [6.07, 6.45) is 0.328. The number of hydrogen-bond acceptors (Lipinski definition) is 1. The highest BCUT2D eigenvalue weighted by Gasteiger charge is 2.30. The van der Waals surface area contributed by atoms with Gasteiger partial charge in [-0.3, -0.25) is 4.79 Å². The van der Waals surface area contributed by atoms with Crippen molar-refractivity contribution in [3.8, 4) is 0 Å². The lowest BCUT2D eigenvalue weighted by molar-refractivity contribution is -0.117. The molecule has 0 aliphatic carbocycles. The molecule has 80 valence electrons. The number of carbonyl (C=O) groups excluding carboxylic acids is 1. The van der Waals surface area contributed by atoms with E-state index in [1.807, 2.05) is 0 Å². The van der Waals surface area contributed by atoms with E-state index in [4.69, 9.17) is 11.6 Å². The molecule has 0 aromatic heterocycles. The van der Waals surface area contributed by atoms with Crippen molar-refractivity contribution >= 4 is 45.8 Å². The molecule has 1 heterocycles. The lowest BCUT2D eigenvalue weighted by Crippen LogP contribution is -2.25. The molecular formula is C10H8ClFINO. The first kappa shape index (κ1) is 11.1. The zero-order chi connectivity index (χ0) is 11.0. The molecular weight excluding hydrogens is 331 g/mol. The maximum Gasteiger partial charge on any atom is 0.228 e. The number of nitrogens with zero attached hydrogens (tertiary/aromatic N) is 1. The summed E-state index contributed by atoms with van der Waals surface area (Å²) in [5.74, 6) is -0.380. The van der Waals surface area contributed by atoms with E-state index in [0.29, 0.717) is 18.7 Å². The van der Waals surface area contributed by atoms with E-state index in [9.17, 15) is 9.18 Å². The molecule has 0 spiro atoms. The maximum atomic E-state index is 13.1. The minimum absolute atomic E-state index is 0.0430. The minimum atomic E-state index is -0.337. The second-order valence-corrected chi connectivity index (χ2v) is 5.18. The predicted octanol–water partition coefficient (Wildman–Crippen LogP) is 2.77. The Labute approximate surface area is 106 Å². The summed E-state index contributed by atoms with van der Waals surface area (Å²) in [4.78, 5) is 13.1. The summed E-state index contributed by atoms with van der Waals surface area (Å²) >= 11 is 7.97. The fourth-order valence-electron chi connectivity index (χ4n) is 1.59. The molecule has 2 rings (SSSR count). The Hall–Kier alpha value is -0.360. The molecule has 0 N–H and O–H groups in total. The van der Waals surface area contributed by atoms with Crippen molar-refractivity contribution in [3.63, 3.8) is 0 Å². The quantitative estimate of drug-likeness (QED) is 0.569. The minimum Gasteiger partial charge on any atom is -0.310 e. The Morgan fingerprint density at radius 3 is 2.87 bits per heavy atom. The van der Waals surface area contributed by atoms with Crippen LogP contribution in [0, 0.1) is 9.39 Å². The monoisotopic (exact) mass is 339 g/mol. The molecule has 2 nitrogen and oxygen atoms in total. The number of benzene rings is 1. The molecule has 5 heteroatoms. The molecule has 1 aliphatic rings. The summed E-state index contributed by atoms with van der Waals surface area (Å²) in [7, 11) is 0. The van der Waals surface area contributed by atoms with Crippen LogP contribution in [0.2, 0.25) is 0 Å². The maximum absolute atomic E-state index is 13.1. The molecule has 1 atom stereocenters. The van der Waals surface area contributed by atoms with E-state index in [1.165, 1.54) is 12.1 Å². The summed E-state index contributed by atoms with van der Waals surface area (Å²) in [5, 5.41) is -0.170. The first-order valence-electron chi connectivity index (χ1n) is 4.47. The van der Waals surface area contributed by atoms with E-state index >= 15 is 0 Å². The highest BCUT2D eigenvalue weighted by atomic mass is 127. The zero-order valence-corrected chi connectivity index (χ0v) is 10.6. The molecule has 15 heavy (non-hydrogen) atoms. The molecule has 1 aromatic carbocycles. The van der Waals surface area contributed by atoms with Crippen LogP contribution in [-0.4, -0.2) is 17.8 Å². The number of rotatable bonds is 1. The van der Waals surface area contributed by atoms with Gasteiger partial charge in [-0.2, -0.15) is 0 Å². The van der Waals surface area contributed by atoms with E-state index in [0.717, 1.165) is 3.57 Å². The third kappa shape index (κ3) is 2.25. The largest absolute Gasteiger partial charge is 0.310 e. The van der Waals surface area contributed by atoms with Crippen molar-refractivity contribution in [1.82, 2.24) is 0 Å². The second kappa shape index (κ2) is 4.25. The van der Waals surface area contributed by atoms with E-state index < -0.39 is 0 Å². The highest BCUT2D eigenvalue weighted by molar-refractivity contribution is 14.1. The molecule has 1 fully saturated rings. The van der Waals surface area contributed by atoms with E-state index in [1.54, 1.807) is 11.0 Å². The van der Waals surface area contributed by atoms with Crippen LogP contribution >= 0.6 is 34.2 Å². The third-order valence-electron chi connectivity index (χ3n) is 2.28. The van der Waals surface area contributed by atoms with Gasteiger partial charge in [-0.15, -0.1) is 11.6 Å². The van der Waals surface area contributed by atoms with Gasteiger partial charge >= 0.3 is 0 Å². The second-order valence-electron chi connectivity index (χ2n) is 3.40. The Morgan fingerprint density at radius 2 is 2.27 bits per heavy atom. The molecule has 0 radical (unpaired) electrons. The molecule has 1 amide bonds. The zero-order valence-electron chi connectivity index (χ0n) is 7.71. The average Bonchev–Trinajstić information content (AvgIpc) is 2.50. The van der Waals surface area contributed by atoms with Gasteiger partial charge in [0, 0.05) is 16.5 Å². The van der Waals surface area contributed by atoms with Gasteiger partial charge in [0.15, 0.2) is 0 Å². The number of hydrogen-bond donors (Lipinski definition) is 0. The van der Waals surface area contributed by atoms with Gasteiger partial charge in [0.25, 0.3) is 0 Å². The van der Waals surface area contributed by atoms with Crippen LogP contribution in [0.3, 0.4) is 0 Å². The number of alkyl halides is 1. The van der Waals surface area contributed by atoms with Crippen LogP contribution in [0.15, 0.2) is 18.2 Å². The van der Waals surface area contributed by atoms with Crippen LogP contribution in [0.4, 0.5) is 10.1 Å². The van der Waals surface area contributed by atoms with Crippen LogP contribution in [0.5, 0.6) is 0 Å². The van der Waals surface area contributed by atoms with Crippen LogP contribution < -0.4 is 4.90 Å². The Morgan fingerprint density at radius 1 is 1.53 bits per heavy atom. The summed E-state index contributed by atoms with van der Waals surface area (Å²) in [6, 6.07) is 4.40. The van der Waals surface area contributed by atoms with Crippen molar-refractivity contribution < 1.29 is 9.18 Å². The van der Waals surface area contributed by atoms with Crippen LogP contribution in [0.25, 0.3) is 0 Å². The van der Waals surface area contributed by atoms with Crippen molar-refractivity contribution in [2.24, 2.45) is 0 Å². The molecule has 1 saturated heterocycles. The molecule has 1 unspecified atom stereocenters. The number of carbonyl (C=O) groups is 1. The summed E-state index contributed by atoms with van der Waals surface area (Å²) in [6.45, 7) is 0.458. The fourth-order valence-corrected chi connectivity index (χ4v) is 2.49. The lowest BCUT2D eigenvalue weighted by Gasteiger charge is -2.17. The molecule has 1 aromatic rings. The normalized spacial score (nSPS) is 21.1. The van der Waals surface area contributed by atoms with Gasteiger partial charge in [0.1, 0.15) is 5.82 Å². The fraction of sp³-hybridized carbons (Fsp3) is 0.300. The van der Waals surface area contributed by atoms with E-state index in [2.05, 4.69) is 22.6 Å². The summed E-state index contributed by atoms with van der Waals surface area (Å²) in [5.41, 5.74) is 0.615. The topological polar surface area (TPSA) is 20.3 Å². The predicted molar refractivity (Wildman–Crippen MR) is 65.7 cm³/mol. The van der Waals surface area contributed by atoms with Crippen LogP contribution in [0.1, 0.15) is 6.42 Å². The van der Waals surface area contributed by atoms with Gasteiger partial charge in [-0.25, -0.2) is 4.39 Å². The van der Waals surface area contributed by atoms with Crippen molar-refractivity contribution in [2.45, 2.75) is 11.8 Å². The average molecular weight is 340 g/mol. The van der Waals surface area contributed by atoms with E-state index in [-0.39, 0.29) is 17.1 Å². The smallest absolute Gasteiger partial charge is 0.228 e. The number of anilines is 1.